The molecule has 2 aliphatic carbocycles. The summed E-state index contributed by atoms with van der Waals surface area (Å²) in [6.45, 7) is 0. The average molecular weight is 220 g/mol. The monoisotopic (exact) mass is 220 g/mol. The molecule has 1 N–H and O–H groups in total. The van der Waals surface area contributed by atoms with Gasteiger partial charge in [0.2, 0.25) is 0 Å². The Hall–Kier alpha value is -0.560. The van der Waals surface area contributed by atoms with Crippen LogP contribution in [-0.2, 0) is 0 Å². The second kappa shape index (κ2) is 6.24. The molecule has 0 aromatic heterocycles. The first-order valence-electron chi connectivity index (χ1n) is 6.90. The second-order valence-corrected chi connectivity index (χ2v) is 5.22. The number of hydrogen-bond donors (Lipinski definition) is 1. The number of aliphatic hydroxyl groups is 1. The van der Waals surface area contributed by atoms with Crippen LogP contribution in [0.1, 0.15) is 57.8 Å². The molecule has 0 aromatic rings. The van der Waals surface area contributed by atoms with Gasteiger partial charge in [-0.3, -0.25) is 0 Å². The molecule has 90 valence electrons. The Morgan fingerprint density at radius 3 is 2.75 bits per heavy atom. The average Bonchev–Trinajstić information content (AvgIpc) is 2.29. The highest BCUT2D eigenvalue weighted by molar-refractivity contribution is 5.12. The van der Waals surface area contributed by atoms with Gasteiger partial charge in [0.25, 0.3) is 0 Å². The van der Waals surface area contributed by atoms with Gasteiger partial charge in [-0.2, -0.15) is 0 Å². The van der Waals surface area contributed by atoms with Crippen molar-refractivity contribution in [2.75, 3.05) is 0 Å². The van der Waals surface area contributed by atoms with Gasteiger partial charge in [-0.05, 0) is 56.4 Å². The molecule has 2 rings (SSSR count). The van der Waals surface area contributed by atoms with Crippen molar-refractivity contribution < 1.29 is 5.11 Å². The molecule has 0 heterocycles. The van der Waals surface area contributed by atoms with Crippen LogP contribution in [-0.4, -0.2) is 11.2 Å². The summed E-state index contributed by atoms with van der Waals surface area (Å²) in [6.07, 6.45) is 17.6. The van der Waals surface area contributed by atoms with Crippen LogP contribution in [0.25, 0.3) is 0 Å². The van der Waals surface area contributed by atoms with E-state index in [1.54, 1.807) is 0 Å². The van der Waals surface area contributed by atoms with Crippen LogP contribution < -0.4 is 0 Å². The second-order valence-electron chi connectivity index (χ2n) is 5.22. The minimum absolute atomic E-state index is 0.164. The molecule has 2 unspecified atom stereocenters. The van der Waals surface area contributed by atoms with Crippen LogP contribution in [0.2, 0.25) is 0 Å². The van der Waals surface area contributed by atoms with Crippen molar-refractivity contribution in [2.45, 2.75) is 63.9 Å². The van der Waals surface area contributed by atoms with Crippen molar-refractivity contribution in [3.05, 3.63) is 23.8 Å². The van der Waals surface area contributed by atoms with Crippen LogP contribution in [0, 0.1) is 5.92 Å². The quantitative estimate of drug-likeness (QED) is 0.698. The summed E-state index contributed by atoms with van der Waals surface area (Å²) < 4.78 is 0. The van der Waals surface area contributed by atoms with E-state index in [1.807, 2.05) is 0 Å². The number of rotatable bonds is 2. The standard InChI is InChI=1S/C15H24O/c16-15(14-11-7-4-8-12-14)13-9-5-2-1-3-6-10-13/h4,7,9,14-16H,1-3,5-6,8,10-12H2/b13-9+. The summed E-state index contributed by atoms with van der Waals surface area (Å²) in [6, 6.07) is 0. The fraction of sp³-hybridized carbons (Fsp3) is 0.733. The minimum atomic E-state index is -0.164. The van der Waals surface area contributed by atoms with Crippen LogP contribution >= 0.6 is 0 Å². The van der Waals surface area contributed by atoms with Gasteiger partial charge in [0.05, 0.1) is 6.10 Å². The maximum absolute atomic E-state index is 10.4. The lowest BCUT2D eigenvalue weighted by Crippen LogP contribution is -2.24. The highest BCUT2D eigenvalue weighted by Gasteiger charge is 2.22. The SMILES string of the molecule is OC(/C1=C/CCCCCC1)C1CC=CCC1. The Morgan fingerprint density at radius 2 is 1.94 bits per heavy atom. The van der Waals surface area contributed by atoms with Gasteiger partial charge in [-0.25, -0.2) is 0 Å². The van der Waals surface area contributed by atoms with Gasteiger partial charge in [0.1, 0.15) is 0 Å². The molecule has 0 radical (unpaired) electrons. The van der Waals surface area contributed by atoms with E-state index in [9.17, 15) is 5.11 Å². The normalized spacial score (nSPS) is 32.3. The smallest absolute Gasteiger partial charge is 0.0781 e. The molecule has 0 fully saturated rings. The van der Waals surface area contributed by atoms with Gasteiger partial charge < -0.3 is 5.11 Å². The van der Waals surface area contributed by atoms with Gasteiger partial charge in [0, 0.05) is 0 Å². The van der Waals surface area contributed by atoms with Gasteiger partial charge in [0.15, 0.2) is 0 Å². The van der Waals surface area contributed by atoms with Crippen molar-refractivity contribution in [2.24, 2.45) is 5.92 Å². The molecule has 0 aromatic carbocycles. The summed E-state index contributed by atoms with van der Waals surface area (Å²) in [5.74, 6) is 0.482. The summed E-state index contributed by atoms with van der Waals surface area (Å²) in [5, 5.41) is 10.4. The molecule has 0 amide bonds. The van der Waals surface area contributed by atoms with E-state index in [4.69, 9.17) is 0 Å². The van der Waals surface area contributed by atoms with E-state index < -0.39 is 0 Å². The topological polar surface area (TPSA) is 20.2 Å². The molecular formula is C15H24O. The third-order valence-corrected chi connectivity index (χ3v) is 3.96. The fourth-order valence-electron chi connectivity index (χ4n) is 2.89. The molecule has 0 spiro atoms. The van der Waals surface area contributed by atoms with Crippen LogP contribution in [0.15, 0.2) is 23.8 Å². The summed E-state index contributed by atoms with van der Waals surface area (Å²) in [7, 11) is 0. The predicted molar refractivity (Wildman–Crippen MR) is 68.3 cm³/mol. The molecule has 1 nitrogen and oxygen atoms in total. The van der Waals surface area contributed by atoms with Gasteiger partial charge >= 0.3 is 0 Å². The molecule has 0 saturated carbocycles. The summed E-state index contributed by atoms with van der Waals surface area (Å²) >= 11 is 0. The Balaban J connectivity index is 1.95. The van der Waals surface area contributed by atoms with E-state index in [1.165, 1.54) is 37.7 Å². The lowest BCUT2D eigenvalue weighted by Gasteiger charge is -2.27. The molecule has 0 bridgehead atoms. The summed E-state index contributed by atoms with van der Waals surface area (Å²) in [5.41, 5.74) is 1.33. The van der Waals surface area contributed by atoms with Crippen LogP contribution in [0.4, 0.5) is 0 Å². The van der Waals surface area contributed by atoms with Crippen molar-refractivity contribution in [3.8, 4) is 0 Å². The zero-order chi connectivity index (χ0) is 11.2. The van der Waals surface area contributed by atoms with Gasteiger partial charge in [-0.1, -0.05) is 31.1 Å². The first kappa shape index (κ1) is 11.9. The highest BCUT2D eigenvalue weighted by Crippen LogP contribution is 2.29. The minimum Gasteiger partial charge on any atom is -0.388 e. The number of allylic oxidation sites excluding steroid dienone is 3. The van der Waals surface area contributed by atoms with Crippen LogP contribution in [0.5, 0.6) is 0 Å². The number of hydrogen-bond acceptors (Lipinski definition) is 1. The lowest BCUT2D eigenvalue weighted by atomic mass is 9.83. The largest absolute Gasteiger partial charge is 0.388 e. The van der Waals surface area contributed by atoms with Crippen LogP contribution in [0.3, 0.4) is 0 Å². The zero-order valence-corrected chi connectivity index (χ0v) is 10.2. The Bertz CT molecular complexity index is 265. The molecule has 0 aliphatic heterocycles. The number of aliphatic hydroxyl groups excluding tert-OH is 1. The van der Waals surface area contributed by atoms with E-state index >= 15 is 0 Å². The predicted octanol–water partition coefficient (Wildman–Crippen LogP) is 3.98. The molecular weight excluding hydrogens is 196 g/mol. The molecule has 0 saturated heterocycles. The van der Waals surface area contributed by atoms with Gasteiger partial charge in [-0.15, -0.1) is 0 Å². The van der Waals surface area contributed by atoms with Crippen molar-refractivity contribution in [3.63, 3.8) is 0 Å². The summed E-state index contributed by atoms with van der Waals surface area (Å²) in [4.78, 5) is 0. The fourth-order valence-corrected chi connectivity index (χ4v) is 2.89. The van der Waals surface area contributed by atoms with Crippen molar-refractivity contribution >= 4 is 0 Å². The van der Waals surface area contributed by atoms with E-state index in [-0.39, 0.29) is 6.10 Å². The van der Waals surface area contributed by atoms with E-state index in [0.29, 0.717) is 5.92 Å². The van der Waals surface area contributed by atoms with Crippen molar-refractivity contribution in [1.82, 2.24) is 0 Å². The Labute approximate surface area is 99.3 Å². The Morgan fingerprint density at radius 1 is 1.06 bits per heavy atom. The maximum Gasteiger partial charge on any atom is 0.0781 e. The first-order valence-corrected chi connectivity index (χ1v) is 6.90. The zero-order valence-electron chi connectivity index (χ0n) is 10.2. The van der Waals surface area contributed by atoms with E-state index in [2.05, 4.69) is 18.2 Å². The molecule has 16 heavy (non-hydrogen) atoms. The highest BCUT2D eigenvalue weighted by atomic mass is 16.3. The third-order valence-electron chi connectivity index (χ3n) is 3.96. The third kappa shape index (κ3) is 3.21. The lowest BCUT2D eigenvalue weighted by molar-refractivity contribution is 0.130. The maximum atomic E-state index is 10.4. The molecule has 1 heteroatoms. The van der Waals surface area contributed by atoms with Crippen molar-refractivity contribution in [1.29, 1.82) is 0 Å². The Kier molecular flexibility index (Phi) is 4.65. The van der Waals surface area contributed by atoms with E-state index in [0.717, 1.165) is 25.7 Å². The molecule has 2 aliphatic rings. The molecule has 2 atom stereocenters. The first-order chi connectivity index (χ1) is 7.88.